The van der Waals surface area contributed by atoms with Crippen molar-refractivity contribution in [3.05, 3.63) is 47.2 Å². The molecule has 0 amide bonds. The largest absolute Gasteiger partial charge is 0.416 e. The van der Waals surface area contributed by atoms with E-state index in [4.69, 9.17) is 0 Å². The molecule has 26 heavy (non-hydrogen) atoms. The summed E-state index contributed by atoms with van der Waals surface area (Å²) < 4.78 is 38.4. The molecule has 2 nitrogen and oxygen atoms in total. The second-order valence-electron chi connectivity index (χ2n) is 7.38. The third-order valence-electron chi connectivity index (χ3n) is 5.14. The summed E-state index contributed by atoms with van der Waals surface area (Å²) in [6.45, 7) is 8.33. The number of aromatic nitrogens is 2. The quantitative estimate of drug-likeness (QED) is 0.552. The highest BCUT2D eigenvalue weighted by atomic mass is 19.4. The van der Waals surface area contributed by atoms with Crippen LogP contribution < -0.4 is 0 Å². The number of nitrogens with zero attached hydrogens (tertiary/aromatic N) is 2. The predicted molar refractivity (Wildman–Crippen MR) is 98.8 cm³/mol. The lowest BCUT2D eigenvalue weighted by Crippen LogP contribution is -2.19. The fourth-order valence-corrected chi connectivity index (χ4v) is 3.16. The van der Waals surface area contributed by atoms with Crippen LogP contribution in [0.4, 0.5) is 13.2 Å². The number of hydrogen-bond donors (Lipinski definition) is 0. The first kappa shape index (κ1) is 20.4. The summed E-state index contributed by atoms with van der Waals surface area (Å²) in [6.07, 6.45) is 1.13. The predicted octanol–water partition coefficient (Wildman–Crippen LogP) is 6.62. The van der Waals surface area contributed by atoms with Gasteiger partial charge in [0, 0.05) is 5.56 Å². The molecule has 1 atom stereocenters. The third kappa shape index (κ3) is 5.05. The number of hydrogen-bond acceptors (Lipinski definition) is 2. The van der Waals surface area contributed by atoms with Gasteiger partial charge in [0.25, 0.3) is 0 Å². The number of benzene rings is 1. The number of aryl methyl sites for hydroxylation is 1. The number of rotatable bonds is 7. The molecule has 1 heterocycles. The summed E-state index contributed by atoms with van der Waals surface area (Å²) in [6, 6.07) is 7.52. The van der Waals surface area contributed by atoms with E-state index in [0.29, 0.717) is 16.8 Å². The van der Waals surface area contributed by atoms with Gasteiger partial charge in [0.1, 0.15) is 0 Å². The molecule has 0 bridgehead atoms. The second-order valence-corrected chi connectivity index (χ2v) is 7.38. The highest BCUT2D eigenvalue weighted by molar-refractivity contribution is 5.63. The van der Waals surface area contributed by atoms with Gasteiger partial charge in [-0.3, -0.25) is 0 Å². The molecule has 0 N–H and O–H groups in total. The van der Waals surface area contributed by atoms with E-state index in [1.54, 1.807) is 6.92 Å². The van der Waals surface area contributed by atoms with Gasteiger partial charge in [0.05, 0.1) is 17.0 Å². The van der Waals surface area contributed by atoms with Crippen LogP contribution in [0.3, 0.4) is 0 Å². The van der Waals surface area contributed by atoms with Gasteiger partial charge in [-0.2, -0.15) is 23.4 Å². The Morgan fingerprint density at radius 2 is 1.73 bits per heavy atom. The normalized spacial score (nSPS) is 14.3. The fraction of sp³-hybridized carbons (Fsp3) is 0.524. The van der Waals surface area contributed by atoms with Gasteiger partial charge in [-0.05, 0) is 55.0 Å². The Morgan fingerprint density at radius 3 is 2.23 bits per heavy atom. The van der Waals surface area contributed by atoms with Crippen LogP contribution in [-0.2, 0) is 12.6 Å². The molecule has 1 aromatic heterocycles. The summed E-state index contributed by atoms with van der Waals surface area (Å²) in [4.78, 5) is 0. The van der Waals surface area contributed by atoms with E-state index < -0.39 is 11.7 Å². The lowest BCUT2D eigenvalue weighted by Gasteiger charge is -2.27. The number of alkyl halides is 3. The van der Waals surface area contributed by atoms with Crippen molar-refractivity contribution in [2.75, 3.05) is 0 Å². The molecule has 2 rings (SSSR count). The Morgan fingerprint density at radius 1 is 1.00 bits per heavy atom. The maximum absolute atomic E-state index is 12.8. The van der Waals surface area contributed by atoms with Gasteiger partial charge >= 0.3 is 6.18 Å². The van der Waals surface area contributed by atoms with Crippen LogP contribution >= 0.6 is 0 Å². The molecule has 0 spiro atoms. The Balaban J connectivity index is 2.19. The van der Waals surface area contributed by atoms with E-state index in [9.17, 15) is 13.2 Å². The average molecular weight is 364 g/mol. The topological polar surface area (TPSA) is 25.8 Å². The zero-order chi connectivity index (χ0) is 19.4. The van der Waals surface area contributed by atoms with Crippen LogP contribution in [0.25, 0.3) is 11.3 Å². The molecule has 0 aliphatic rings. The molecule has 0 saturated heterocycles. The van der Waals surface area contributed by atoms with E-state index >= 15 is 0 Å². The Bertz CT molecular complexity index is 723. The summed E-state index contributed by atoms with van der Waals surface area (Å²) in [7, 11) is 0. The maximum Gasteiger partial charge on any atom is 0.416 e. The van der Waals surface area contributed by atoms with Crippen molar-refractivity contribution in [3.8, 4) is 11.3 Å². The Hall–Kier alpha value is -1.91. The highest BCUT2D eigenvalue weighted by Gasteiger charge is 2.30. The molecule has 2 aromatic rings. The van der Waals surface area contributed by atoms with E-state index in [2.05, 4.69) is 31.0 Å². The van der Waals surface area contributed by atoms with Crippen molar-refractivity contribution in [1.29, 1.82) is 0 Å². The average Bonchev–Trinajstić information content (AvgIpc) is 2.60. The van der Waals surface area contributed by atoms with Crippen molar-refractivity contribution in [2.24, 2.45) is 5.41 Å². The zero-order valence-corrected chi connectivity index (χ0v) is 16.0. The standard InChI is InChI=1S/C21H27F3N2/c1-5-7-12-20(4,6-2)14-17-9-11-19(26-25-17)18-10-8-16(13-15(18)3)21(22,23)24/h8-11,13H,5-7,12,14H2,1-4H3. The van der Waals surface area contributed by atoms with Crippen LogP contribution in [-0.4, -0.2) is 10.2 Å². The lowest BCUT2D eigenvalue weighted by atomic mass is 9.78. The first-order valence-electron chi connectivity index (χ1n) is 9.19. The van der Waals surface area contributed by atoms with Crippen molar-refractivity contribution >= 4 is 0 Å². The molecule has 0 saturated carbocycles. The van der Waals surface area contributed by atoms with E-state index in [1.807, 2.05) is 12.1 Å². The Labute approximate surface area is 153 Å². The maximum atomic E-state index is 12.8. The summed E-state index contributed by atoms with van der Waals surface area (Å²) >= 11 is 0. The van der Waals surface area contributed by atoms with Crippen molar-refractivity contribution in [1.82, 2.24) is 10.2 Å². The molecular formula is C21H27F3N2. The van der Waals surface area contributed by atoms with Crippen molar-refractivity contribution in [2.45, 2.75) is 66.0 Å². The highest BCUT2D eigenvalue weighted by Crippen LogP contribution is 2.34. The van der Waals surface area contributed by atoms with Crippen LogP contribution in [0.1, 0.15) is 63.3 Å². The molecule has 1 aromatic carbocycles. The number of unbranched alkanes of at least 4 members (excludes halogenated alkanes) is 1. The SMILES string of the molecule is CCCCC(C)(CC)Cc1ccc(-c2ccc(C(F)(F)F)cc2C)nn1. The first-order valence-corrected chi connectivity index (χ1v) is 9.19. The van der Waals surface area contributed by atoms with Crippen LogP contribution in [0, 0.1) is 12.3 Å². The van der Waals surface area contributed by atoms with E-state index in [-0.39, 0.29) is 5.41 Å². The molecule has 0 radical (unpaired) electrons. The smallest absolute Gasteiger partial charge is 0.166 e. The van der Waals surface area contributed by atoms with Gasteiger partial charge < -0.3 is 0 Å². The van der Waals surface area contributed by atoms with Crippen LogP contribution in [0.15, 0.2) is 30.3 Å². The molecular weight excluding hydrogens is 337 g/mol. The third-order valence-corrected chi connectivity index (χ3v) is 5.14. The molecule has 5 heteroatoms. The van der Waals surface area contributed by atoms with Gasteiger partial charge in [0.2, 0.25) is 0 Å². The second kappa shape index (κ2) is 8.19. The van der Waals surface area contributed by atoms with Crippen LogP contribution in [0.5, 0.6) is 0 Å². The minimum Gasteiger partial charge on any atom is -0.166 e. The molecule has 0 fully saturated rings. The molecule has 0 aliphatic carbocycles. The van der Waals surface area contributed by atoms with Gasteiger partial charge in [0.15, 0.2) is 0 Å². The summed E-state index contributed by atoms with van der Waals surface area (Å²) in [5.74, 6) is 0. The number of halogens is 3. The minimum atomic E-state index is -4.33. The summed E-state index contributed by atoms with van der Waals surface area (Å²) in [5, 5.41) is 8.61. The molecule has 0 aliphatic heterocycles. The van der Waals surface area contributed by atoms with Gasteiger partial charge in [-0.25, -0.2) is 0 Å². The van der Waals surface area contributed by atoms with Gasteiger partial charge in [-0.15, -0.1) is 0 Å². The minimum absolute atomic E-state index is 0.205. The van der Waals surface area contributed by atoms with Gasteiger partial charge in [-0.1, -0.05) is 46.1 Å². The summed E-state index contributed by atoms with van der Waals surface area (Å²) in [5.41, 5.74) is 2.32. The van der Waals surface area contributed by atoms with Crippen LogP contribution in [0.2, 0.25) is 0 Å². The van der Waals surface area contributed by atoms with Crippen molar-refractivity contribution < 1.29 is 13.2 Å². The lowest BCUT2D eigenvalue weighted by molar-refractivity contribution is -0.137. The van der Waals surface area contributed by atoms with E-state index in [0.717, 1.165) is 37.1 Å². The zero-order valence-electron chi connectivity index (χ0n) is 16.0. The van der Waals surface area contributed by atoms with Crippen molar-refractivity contribution in [3.63, 3.8) is 0 Å². The van der Waals surface area contributed by atoms with E-state index in [1.165, 1.54) is 18.9 Å². The molecule has 142 valence electrons. The monoisotopic (exact) mass is 364 g/mol. The fourth-order valence-electron chi connectivity index (χ4n) is 3.16. The first-order chi connectivity index (χ1) is 12.2. The Kier molecular flexibility index (Phi) is 6.43. The molecule has 1 unspecified atom stereocenters.